The van der Waals surface area contributed by atoms with Gasteiger partial charge in [-0.15, -0.1) is 0 Å². The van der Waals surface area contributed by atoms with Crippen molar-refractivity contribution in [1.29, 1.82) is 0 Å². The van der Waals surface area contributed by atoms with Crippen LogP contribution in [0.15, 0.2) is 40.9 Å². The standard InChI is InChI=1S/C18H15ClN4O2/c1-10-2-4-13(25-10)9-21-18-20-8-11-6-16(24)22-15-7-12(19)3-5-14(15)17(11)23-18/h2-5,7-8H,6,9H2,1H3,(H,22,24)(H,20,21,23). The number of fused-ring (bicyclic) bond motifs is 3. The third-order valence-electron chi connectivity index (χ3n) is 3.94. The largest absolute Gasteiger partial charge is 0.465 e. The summed E-state index contributed by atoms with van der Waals surface area (Å²) in [7, 11) is 0. The average Bonchev–Trinajstić information content (AvgIpc) is 2.93. The van der Waals surface area contributed by atoms with Gasteiger partial charge < -0.3 is 15.1 Å². The van der Waals surface area contributed by atoms with E-state index in [0.29, 0.717) is 23.2 Å². The highest BCUT2D eigenvalue weighted by molar-refractivity contribution is 6.31. The van der Waals surface area contributed by atoms with Crippen molar-refractivity contribution >= 4 is 29.1 Å². The molecule has 3 heterocycles. The first-order valence-electron chi connectivity index (χ1n) is 7.83. The molecule has 7 heteroatoms. The number of carbonyl (C=O) groups excluding carboxylic acids is 1. The summed E-state index contributed by atoms with van der Waals surface area (Å²) in [6, 6.07) is 9.18. The van der Waals surface area contributed by atoms with E-state index < -0.39 is 0 Å². The van der Waals surface area contributed by atoms with E-state index in [1.54, 1.807) is 18.3 Å². The number of hydrogen-bond acceptors (Lipinski definition) is 5. The molecule has 0 saturated carbocycles. The lowest BCUT2D eigenvalue weighted by Gasteiger charge is -2.10. The lowest BCUT2D eigenvalue weighted by Crippen LogP contribution is -2.13. The lowest BCUT2D eigenvalue weighted by atomic mass is 10.1. The summed E-state index contributed by atoms with van der Waals surface area (Å²) in [4.78, 5) is 21.0. The van der Waals surface area contributed by atoms with E-state index in [9.17, 15) is 4.79 Å². The molecule has 2 aromatic heterocycles. The van der Waals surface area contributed by atoms with Crippen molar-refractivity contribution in [2.45, 2.75) is 19.9 Å². The van der Waals surface area contributed by atoms with Crippen LogP contribution in [0, 0.1) is 6.92 Å². The number of aryl methyl sites for hydroxylation is 1. The Morgan fingerprint density at radius 2 is 2.20 bits per heavy atom. The Hall–Kier alpha value is -2.86. The first-order valence-corrected chi connectivity index (χ1v) is 8.21. The Labute approximate surface area is 149 Å². The van der Waals surface area contributed by atoms with Crippen molar-refractivity contribution in [3.63, 3.8) is 0 Å². The van der Waals surface area contributed by atoms with Crippen molar-refractivity contribution in [2.75, 3.05) is 10.6 Å². The molecule has 126 valence electrons. The normalized spacial score (nSPS) is 12.8. The lowest BCUT2D eigenvalue weighted by molar-refractivity contribution is -0.115. The Morgan fingerprint density at radius 1 is 1.32 bits per heavy atom. The van der Waals surface area contributed by atoms with Gasteiger partial charge in [-0.25, -0.2) is 9.97 Å². The molecule has 1 amide bonds. The first kappa shape index (κ1) is 15.7. The third-order valence-corrected chi connectivity index (χ3v) is 4.18. The minimum atomic E-state index is -0.113. The van der Waals surface area contributed by atoms with Crippen molar-refractivity contribution in [3.8, 4) is 11.3 Å². The monoisotopic (exact) mass is 354 g/mol. The highest BCUT2D eigenvalue weighted by Crippen LogP contribution is 2.34. The summed E-state index contributed by atoms with van der Waals surface area (Å²) in [6.45, 7) is 2.38. The SMILES string of the molecule is Cc1ccc(CNc2ncc3c(n2)-c2ccc(Cl)cc2NC(=O)C3)o1. The smallest absolute Gasteiger partial charge is 0.228 e. The Bertz CT molecular complexity index is 967. The topological polar surface area (TPSA) is 80.0 Å². The summed E-state index contributed by atoms with van der Waals surface area (Å²) in [5, 5.41) is 6.57. The molecular weight excluding hydrogens is 340 g/mol. The molecular formula is C18H15ClN4O2. The number of nitrogens with one attached hydrogen (secondary N) is 2. The molecule has 0 radical (unpaired) electrons. The molecule has 1 aliphatic rings. The fourth-order valence-corrected chi connectivity index (χ4v) is 2.97. The molecule has 0 aliphatic carbocycles. The van der Waals surface area contributed by atoms with Crippen molar-refractivity contribution < 1.29 is 9.21 Å². The van der Waals surface area contributed by atoms with Crippen LogP contribution in [0.5, 0.6) is 0 Å². The van der Waals surface area contributed by atoms with Crippen LogP contribution in [0.1, 0.15) is 17.1 Å². The number of rotatable bonds is 3. The van der Waals surface area contributed by atoms with Crippen LogP contribution in [0.4, 0.5) is 11.6 Å². The predicted molar refractivity (Wildman–Crippen MR) is 95.6 cm³/mol. The molecule has 0 fully saturated rings. The maximum atomic E-state index is 12.1. The van der Waals surface area contributed by atoms with Crippen LogP contribution in [0.25, 0.3) is 11.3 Å². The summed E-state index contributed by atoms with van der Waals surface area (Å²) >= 11 is 6.05. The maximum absolute atomic E-state index is 12.1. The number of benzene rings is 1. The van der Waals surface area contributed by atoms with Gasteiger partial charge in [0.1, 0.15) is 11.5 Å². The molecule has 0 spiro atoms. The zero-order valence-electron chi connectivity index (χ0n) is 13.5. The molecule has 6 nitrogen and oxygen atoms in total. The second-order valence-electron chi connectivity index (χ2n) is 5.85. The highest BCUT2D eigenvalue weighted by Gasteiger charge is 2.21. The molecule has 25 heavy (non-hydrogen) atoms. The number of nitrogens with zero attached hydrogens (tertiary/aromatic N) is 2. The van der Waals surface area contributed by atoms with Crippen molar-refractivity contribution in [1.82, 2.24) is 9.97 Å². The molecule has 0 unspecified atom stereocenters. The van der Waals surface area contributed by atoms with Gasteiger partial charge in [-0.05, 0) is 37.3 Å². The average molecular weight is 355 g/mol. The quantitative estimate of drug-likeness (QED) is 0.747. The summed E-state index contributed by atoms with van der Waals surface area (Å²) in [5.74, 6) is 2.02. The number of furan rings is 1. The fourth-order valence-electron chi connectivity index (χ4n) is 2.79. The van der Waals surface area contributed by atoms with Crippen LogP contribution in [0.3, 0.4) is 0 Å². The minimum absolute atomic E-state index is 0.113. The first-order chi connectivity index (χ1) is 12.1. The van der Waals surface area contributed by atoms with Gasteiger partial charge in [-0.2, -0.15) is 0 Å². The molecule has 3 aromatic rings. The van der Waals surface area contributed by atoms with E-state index in [1.165, 1.54) is 0 Å². The number of amides is 1. The van der Waals surface area contributed by atoms with Gasteiger partial charge in [0.25, 0.3) is 0 Å². The van der Waals surface area contributed by atoms with Crippen LogP contribution >= 0.6 is 11.6 Å². The van der Waals surface area contributed by atoms with Gasteiger partial charge >= 0.3 is 0 Å². The van der Waals surface area contributed by atoms with Gasteiger partial charge in [0.15, 0.2) is 0 Å². The summed E-state index contributed by atoms with van der Waals surface area (Å²) in [5.41, 5.74) is 2.98. The zero-order valence-corrected chi connectivity index (χ0v) is 14.2. The Kier molecular flexibility index (Phi) is 3.89. The highest BCUT2D eigenvalue weighted by atomic mass is 35.5. The number of hydrogen-bond donors (Lipinski definition) is 2. The maximum Gasteiger partial charge on any atom is 0.228 e. The Balaban J connectivity index is 1.69. The van der Waals surface area contributed by atoms with Crippen molar-refractivity contribution in [3.05, 3.63) is 58.6 Å². The number of carbonyl (C=O) groups is 1. The second kappa shape index (κ2) is 6.22. The molecule has 0 bridgehead atoms. The van der Waals surface area contributed by atoms with E-state index in [2.05, 4.69) is 20.6 Å². The van der Waals surface area contributed by atoms with Crippen LogP contribution in [0.2, 0.25) is 5.02 Å². The van der Waals surface area contributed by atoms with Gasteiger partial charge in [0.05, 0.1) is 24.3 Å². The fraction of sp³-hybridized carbons (Fsp3) is 0.167. The van der Waals surface area contributed by atoms with E-state index in [1.807, 2.05) is 25.1 Å². The minimum Gasteiger partial charge on any atom is -0.465 e. The van der Waals surface area contributed by atoms with Gasteiger partial charge in [0.2, 0.25) is 11.9 Å². The molecule has 2 N–H and O–H groups in total. The zero-order chi connectivity index (χ0) is 17.4. The number of anilines is 2. The predicted octanol–water partition coefficient (Wildman–Crippen LogP) is 3.81. The third kappa shape index (κ3) is 3.21. The van der Waals surface area contributed by atoms with Gasteiger partial charge in [0, 0.05) is 22.3 Å². The number of aromatic nitrogens is 2. The van der Waals surface area contributed by atoms with E-state index in [4.69, 9.17) is 16.0 Å². The number of halogens is 1. The van der Waals surface area contributed by atoms with Crippen LogP contribution in [-0.4, -0.2) is 15.9 Å². The van der Waals surface area contributed by atoms with Gasteiger partial charge in [-0.3, -0.25) is 4.79 Å². The molecule has 1 aromatic carbocycles. The molecule has 0 atom stereocenters. The molecule has 0 saturated heterocycles. The van der Waals surface area contributed by atoms with Gasteiger partial charge in [-0.1, -0.05) is 11.6 Å². The van der Waals surface area contributed by atoms with Crippen molar-refractivity contribution in [2.24, 2.45) is 0 Å². The molecule has 1 aliphatic heterocycles. The van der Waals surface area contributed by atoms with E-state index >= 15 is 0 Å². The van der Waals surface area contributed by atoms with E-state index in [-0.39, 0.29) is 12.3 Å². The molecule has 4 rings (SSSR count). The second-order valence-corrected chi connectivity index (χ2v) is 6.28. The van der Waals surface area contributed by atoms with Crippen LogP contribution < -0.4 is 10.6 Å². The van der Waals surface area contributed by atoms with E-state index in [0.717, 1.165) is 28.3 Å². The summed E-state index contributed by atoms with van der Waals surface area (Å²) in [6.07, 6.45) is 1.90. The van der Waals surface area contributed by atoms with Crippen LogP contribution in [-0.2, 0) is 17.8 Å². The Morgan fingerprint density at radius 3 is 3.00 bits per heavy atom. The summed E-state index contributed by atoms with van der Waals surface area (Å²) < 4.78 is 5.53.